The normalized spacial score (nSPS) is 10.1. The summed E-state index contributed by atoms with van der Waals surface area (Å²) >= 11 is 0. The fraction of sp³-hybridized carbons (Fsp3) is 0.375. The van der Waals surface area contributed by atoms with Crippen LogP contribution >= 0.6 is 0 Å². The van der Waals surface area contributed by atoms with E-state index in [2.05, 4.69) is 9.47 Å². The van der Waals surface area contributed by atoms with Gasteiger partial charge < -0.3 is 40.1 Å². The van der Waals surface area contributed by atoms with E-state index < -0.39 is 84.6 Å². The van der Waals surface area contributed by atoms with Crippen LogP contribution in [0.3, 0.4) is 0 Å². The summed E-state index contributed by atoms with van der Waals surface area (Å²) in [7, 11) is 0. The third-order valence-corrected chi connectivity index (χ3v) is 3.47. The number of rotatable bonds is 14. The molecule has 0 heterocycles. The number of aliphatic carboxylic acids is 6. The van der Waals surface area contributed by atoms with Crippen molar-refractivity contribution < 1.29 is 156 Å². The molecule has 0 atom stereocenters. The Hall–Kier alpha value is -2.01. The molecule has 0 aliphatic heterocycles. The van der Waals surface area contributed by atoms with Crippen molar-refractivity contribution >= 4 is 47.8 Å². The zero-order valence-corrected chi connectivity index (χ0v) is 30.4. The van der Waals surface area contributed by atoms with Crippen LogP contribution in [0.25, 0.3) is 0 Å². The Bertz CT molecular complexity index is 781. The summed E-state index contributed by atoms with van der Waals surface area (Å²) in [6.45, 7) is 0. The molecule has 0 bridgehead atoms. The van der Waals surface area contributed by atoms with E-state index >= 15 is 0 Å². The molecule has 0 spiro atoms. The van der Waals surface area contributed by atoms with Gasteiger partial charge in [0.2, 0.25) is 11.2 Å². The second kappa shape index (κ2) is 19.2. The molecule has 0 aromatic heterocycles. The summed E-state index contributed by atoms with van der Waals surface area (Å²) in [5, 5.41) is 53.4. The van der Waals surface area contributed by atoms with Crippen molar-refractivity contribution in [3.63, 3.8) is 0 Å². The zero-order chi connectivity index (χ0) is 25.3. The molecule has 184 valence electrons. The summed E-state index contributed by atoms with van der Waals surface area (Å²) in [5.41, 5.74) is -6.14. The Labute approximate surface area is 251 Å². The summed E-state index contributed by atoms with van der Waals surface area (Å²) in [6, 6.07) is 0. The Balaban J connectivity index is -0.000000801. The largest absolute Gasteiger partial charge is 0.481 e. The Morgan fingerprint density at radius 3 is 0.806 bits per heavy atom. The maximum Gasteiger partial charge on any atom is 0.349 e. The monoisotopic (exact) mass is 720 g/mol. The van der Waals surface area contributed by atoms with Gasteiger partial charge in [-0.25, -0.2) is 19.2 Å². The van der Waals surface area contributed by atoms with Crippen molar-refractivity contribution in [1.29, 1.82) is 0 Å². The Morgan fingerprint density at radius 2 is 0.667 bits per heavy atom. The third-order valence-electron chi connectivity index (χ3n) is 3.47. The Morgan fingerprint density at radius 1 is 0.472 bits per heavy atom. The van der Waals surface area contributed by atoms with Crippen molar-refractivity contribution in [3.05, 3.63) is 12.2 Å². The topological polar surface area (TPSA) is 276 Å². The van der Waals surface area contributed by atoms with Gasteiger partial charge in [-0.2, -0.15) is 0 Å². The van der Waals surface area contributed by atoms with Gasteiger partial charge in [-0.05, 0) is 0 Å². The summed E-state index contributed by atoms with van der Waals surface area (Å²) < 4.78 is 8.76. The quantitative estimate of drug-likeness (QED) is 0.0652. The van der Waals surface area contributed by atoms with Gasteiger partial charge in [0.1, 0.15) is 0 Å². The SMILES string of the molecule is O=C(O)CC(CC(=O)O)(OC(=O)/C=C/C(=O)OC(CC(=O)O)(CC(=O)O)C(=O)O)C(=O)O.[Zn].[Zn].[Zn].[Zn]. The number of carbonyl (C=O) groups is 8. The summed E-state index contributed by atoms with van der Waals surface area (Å²) in [5.74, 6) is -15.2. The molecule has 16 nitrogen and oxygen atoms in total. The number of esters is 2. The van der Waals surface area contributed by atoms with Crippen LogP contribution in [0.1, 0.15) is 25.7 Å². The van der Waals surface area contributed by atoms with E-state index in [4.69, 9.17) is 30.6 Å². The molecule has 0 aliphatic carbocycles. The maximum atomic E-state index is 11.8. The molecule has 0 unspecified atom stereocenters. The van der Waals surface area contributed by atoms with E-state index in [9.17, 15) is 38.4 Å². The van der Waals surface area contributed by atoms with Crippen LogP contribution in [-0.4, -0.2) is 89.6 Å². The number of hydrogen-bond donors (Lipinski definition) is 6. The molecule has 6 N–H and O–H groups in total. The predicted molar refractivity (Wildman–Crippen MR) is 91.1 cm³/mol. The third kappa shape index (κ3) is 15.2. The van der Waals surface area contributed by atoms with Crippen molar-refractivity contribution in [2.45, 2.75) is 36.9 Å². The molecule has 0 radical (unpaired) electrons. The van der Waals surface area contributed by atoms with Crippen LogP contribution in [0.15, 0.2) is 12.2 Å². The minimum Gasteiger partial charge on any atom is -0.481 e. The average Bonchev–Trinajstić information content (AvgIpc) is 2.57. The minimum atomic E-state index is -3.07. The minimum absolute atomic E-state index is 0. The van der Waals surface area contributed by atoms with Gasteiger partial charge in [-0.3, -0.25) is 19.2 Å². The summed E-state index contributed by atoms with van der Waals surface area (Å²) in [6.07, 6.45) is -5.68. The summed E-state index contributed by atoms with van der Waals surface area (Å²) in [4.78, 5) is 89.7. The van der Waals surface area contributed by atoms with Gasteiger partial charge in [0.05, 0.1) is 25.7 Å². The van der Waals surface area contributed by atoms with Gasteiger partial charge in [0, 0.05) is 90.1 Å². The van der Waals surface area contributed by atoms with Crippen molar-refractivity contribution in [1.82, 2.24) is 0 Å². The molecule has 0 aromatic carbocycles. The van der Waals surface area contributed by atoms with Gasteiger partial charge in [-0.1, -0.05) is 0 Å². The van der Waals surface area contributed by atoms with E-state index in [0.717, 1.165) is 0 Å². The number of carbonyl (C=O) groups excluding carboxylic acids is 2. The molecular formula is C16H16O16Zn4. The van der Waals surface area contributed by atoms with Crippen molar-refractivity contribution in [3.8, 4) is 0 Å². The van der Waals surface area contributed by atoms with Crippen LogP contribution in [-0.2, 0) is 126 Å². The van der Waals surface area contributed by atoms with E-state index in [1.807, 2.05) is 0 Å². The first-order chi connectivity index (χ1) is 14.5. The molecule has 0 amide bonds. The number of ether oxygens (including phenoxy) is 2. The van der Waals surface area contributed by atoms with Crippen LogP contribution in [0.4, 0.5) is 0 Å². The smallest absolute Gasteiger partial charge is 0.349 e. The molecule has 0 aromatic rings. The van der Waals surface area contributed by atoms with Crippen molar-refractivity contribution in [2.75, 3.05) is 0 Å². The van der Waals surface area contributed by atoms with E-state index in [1.54, 1.807) is 0 Å². The number of carboxylic acid groups (broad SMARTS) is 6. The molecule has 0 saturated carbocycles. The van der Waals surface area contributed by atoms with Crippen molar-refractivity contribution in [2.24, 2.45) is 0 Å². The second-order valence-electron chi connectivity index (χ2n) is 6.06. The van der Waals surface area contributed by atoms with Crippen LogP contribution in [0.5, 0.6) is 0 Å². The fourth-order valence-corrected chi connectivity index (χ4v) is 2.23. The van der Waals surface area contributed by atoms with Crippen LogP contribution in [0, 0.1) is 0 Å². The first-order valence-corrected chi connectivity index (χ1v) is 8.03. The average molecular weight is 726 g/mol. The number of carboxylic acids is 6. The first kappa shape index (κ1) is 44.0. The molecule has 0 aliphatic rings. The zero-order valence-electron chi connectivity index (χ0n) is 18.6. The van der Waals surface area contributed by atoms with Gasteiger partial charge >= 0.3 is 47.8 Å². The van der Waals surface area contributed by atoms with Gasteiger partial charge in [-0.15, -0.1) is 0 Å². The standard InChI is InChI=1S/C16H16O16.4Zn/c17-7(18)3-15(13(27)28,4-8(19)20)31-11(25)1-2-12(26)32-16(14(29)30,5-9(21)22)6-10(23)24;;;;/h1-2H,3-6H2,(H,17,18)(H,19,20)(H,21,22)(H,23,24)(H,27,28)(H,29,30);;;;/b2-1+;;;;. The molecule has 20 heteroatoms. The molecule has 0 saturated heterocycles. The van der Waals surface area contributed by atoms with Gasteiger partial charge in [0.25, 0.3) is 0 Å². The maximum absolute atomic E-state index is 11.8. The number of hydrogen-bond acceptors (Lipinski definition) is 10. The predicted octanol–water partition coefficient (Wildman–Crippen LogP) is -1.84. The van der Waals surface area contributed by atoms with Crippen LogP contribution < -0.4 is 0 Å². The molecular weight excluding hydrogens is 710 g/mol. The fourth-order valence-electron chi connectivity index (χ4n) is 2.23. The van der Waals surface area contributed by atoms with E-state index in [1.165, 1.54) is 0 Å². The Kier molecular flexibility index (Phi) is 23.4. The molecule has 0 rings (SSSR count). The van der Waals surface area contributed by atoms with E-state index in [0.29, 0.717) is 0 Å². The van der Waals surface area contributed by atoms with Gasteiger partial charge in [0.15, 0.2) is 0 Å². The molecule has 36 heavy (non-hydrogen) atoms. The van der Waals surface area contributed by atoms with Crippen LogP contribution in [0.2, 0.25) is 0 Å². The second-order valence-corrected chi connectivity index (χ2v) is 6.06. The molecule has 0 fully saturated rings. The first-order valence-electron chi connectivity index (χ1n) is 8.03. The van der Waals surface area contributed by atoms with E-state index in [-0.39, 0.29) is 90.1 Å².